The maximum Gasteiger partial charge on any atom is 0.188 e. The van der Waals surface area contributed by atoms with E-state index in [1.54, 1.807) is 17.5 Å². The summed E-state index contributed by atoms with van der Waals surface area (Å²) in [4.78, 5) is 6.12. The molecule has 15 heavy (non-hydrogen) atoms. The second kappa shape index (κ2) is 6.53. The first-order valence-corrected chi connectivity index (χ1v) is 6.05. The fourth-order valence-electron chi connectivity index (χ4n) is 1.01. The Morgan fingerprint density at radius 3 is 3.13 bits per heavy atom. The molecule has 0 saturated heterocycles. The Morgan fingerprint density at radius 2 is 2.53 bits per heavy atom. The van der Waals surface area contributed by atoms with Crippen molar-refractivity contribution < 1.29 is 0 Å². The molecule has 1 heterocycles. The number of thiocarbonyl (C=S) groups is 1. The zero-order valence-corrected chi connectivity index (χ0v) is 10.6. The Morgan fingerprint density at radius 1 is 1.73 bits per heavy atom. The average molecular weight is 241 g/mol. The van der Waals surface area contributed by atoms with E-state index in [9.17, 15) is 0 Å². The fourth-order valence-corrected chi connectivity index (χ4v) is 1.79. The molecule has 1 N–H and O–H groups in total. The van der Waals surface area contributed by atoms with E-state index in [1.165, 1.54) is 0 Å². The lowest BCUT2D eigenvalue weighted by Crippen LogP contribution is -2.31. The summed E-state index contributed by atoms with van der Waals surface area (Å²) in [5, 5.41) is 6.57. The minimum Gasteiger partial charge on any atom is -0.352 e. The highest BCUT2D eigenvalue weighted by Crippen LogP contribution is 2.10. The predicted molar refractivity (Wildman–Crippen MR) is 70.4 cm³/mol. The highest BCUT2D eigenvalue weighted by atomic mass is 32.1. The second-order valence-corrected chi connectivity index (χ2v) is 4.33. The number of nitrogens with one attached hydrogen (secondary N) is 1. The molecule has 0 unspecified atom stereocenters. The van der Waals surface area contributed by atoms with Crippen molar-refractivity contribution in [2.75, 3.05) is 18.9 Å². The standard InChI is InChI=1S/C10H15N3S2/c1-3-4-5-7-13(2)10(14)12-9-11-6-8-15-9/h3-4,6,8H,5,7H2,1-2H3,(H,11,12,14). The van der Waals surface area contributed by atoms with Crippen LogP contribution >= 0.6 is 23.6 Å². The van der Waals surface area contributed by atoms with Gasteiger partial charge in [0.15, 0.2) is 10.2 Å². The van der Waals surface area contributed by atoms with Crippen LogP contribution in [0.4, 0.5) is 5.13 Å². The van der Waals surface area contributed by atoms with Gasteiger partial charge in [-0.3, -0.25) is 0 Å². The van der Waals surface area contributed by atoms with E-state index >= 15 is 0 Å². The summed E-state index contributed by atoms with van der Waals surface area (Å²) in [5.74, 6) is 0. The van der Waals surface area contributed by atoms with Crippen LogP contribution in [0.1, 0.15) is 13.3 Å². The molecule has 0 amide bonds. The number of rotatable bonds is 4. The number of hydrogen-bond acceptors (Lipinski definition) is 3. The zero-order valence-electron chi connectivity index (χ0n) is 8.93. The number of aromatic nitrogens is 1. The lowest BCUT2D eigenvalue weighted by atomic mass is 10.4. The molecular formula is C10H15N3S2. The number of hydrogen-bond donors (Lipinski definition) is 1. The summed E-state index contributed by atoms with van der Waals surface area (Å²) < 4.78 is 0. The Labute approximate surface area is 99.8 Å². The van der Waals surface area contributed by atoms with Gasteiger partial charge in [0.05, 0.1) is 0 Å². The van der Waals surface area contributed by atoms with Crippen LogP contribution in [0.2, 0.25) is 0 Å². The van der Waals surface area contributed by atoms with Crippen molar-refractivity contribution in [1.82, 2.24) is 9.88 Å². The van der Waals surface area contributed by atoms with E-state index in [4.69, 9.17) is 12.2 Å². The molecule has 0 bridgehead atoms. The van der Waals surface area contributed by atoms with Crippen molar-refractivity contribution in [2.24, 2.45) is 0 Å². The molecule has 0 aliphatic rings. The van der Waals surface area contributed by atoms with Gasteiger partial charge in [-0.05, 0) is 25.6 Å². The molecule has 0 aliphatic carbocycles. The smallest absolute Gasteiger partial charge is 0.188 e. The van der Waals surface area contributed by atoms with Gasteiger partial charge in [0.25, 0.3) is 0 Å². The molecule has 1 aromatic rings. The monoisotopic (exact) mass is 241 g/mol. The molecule has 0 atom stereocenters. The highest BCUT2D eigenvalue weighted by molar-refractivity contribution is 7.80. The summed E-state index contributed by atoms with van der Waals surface area (Å²) in [6, 6.07) is 0. The van der Waals surface area contributed by atoms with Crippen molar-refractivity contribution >= 4 is 33.8 Å². The quantitative estimate of drug-likeness (QED) is 0.648. The van der Waals surface area contributed by atoms with E-state index in [0.717, 1.165) is 23.2 Å². The topological polar surface area (TPSA) is 28.2 Å². The van der Waals surface area contributed by atoms with Gasteiger partial charge in [-0.25, -0.2) is 4.98 Å². The van der Waals surface area contributed by atoms with Gasteiger partial charge in [0, 0.05) is 25.2 Å². The SMILES string of the molecule is CC=CCCN(C)C(=S)Nc1nccs1. The summed E-state index contributed by atoms with van der Waals surface area (Å²) in [6.07, 6.45) is 6.94. The van der Waals surface area contributed by atoms with Gasteiger partial charge in [0.1, 0.15) is 0 Å². The highest BCUT2D eigenvalue weighted by Gasteiger charge is 2.04. The first kappa shape index (κ1) is 12.1. The van der Waals surface area contributed by atoms with Gasteiger partial charge in [0.2, 0.25) is 0 Å². The Bertz CT molecular complexity index is 319. The van der Waals surface area contributed by atoms with Crippen molar-refractivity contribution in [1.29, 1.82) is 0 Å². The Balaban J connectivity index is 2.33. The number of nitrogens with zero attached hydrogens (tertiary/aromatic N) is 2. The molecule has 82 valence electrons. The third-order valence-corrected chi connectivity index (χ3v) is 2.96. The van der Waals surface area contributed by atoms with E-state index in [1.807, 2.05) is 30.3 Å². The molecule has 0 spiro atoms. The van der Waals surface area contributed by atoms with Crippen molar-refractivity contribution in [3.8, 4) is 0 Å². The van der Waals surface area contributed by atoms with Gasteiger partial charge in [-0.2, -0.15) is 0 Å². The zero-order chi connectivity index (χ0) is 11.1. The van der Waals surface area contributed by atoms with Crippen LogP contribution in [-0.4, -0.2) is 28.6 Å². The average Bonchev–Trinajstić information content (AvgIpc) is 2.70. The fraction of sp³-hybridized carbons (Fsp3) is 0.400. The molecule has 0 aromatic carbocycles. The van der Waals surface area contributed by atoms with Crippen molar-refractivity contribution in [3.63, 3.8) is 0 Å². The minimum atomic E-state index is 0.717. The number of anilines is 1. The summed E-state index contributed by atoms with van der Waals surface area (Å²) in [5.41, 5.74) is 0. The van der Waals surface area contributed by atoms with E-state index in [2.05, 4.69) is 16.4 Å². The van der Waals surface area contributed by atoms with Gasteiger partial charge < -0.3 is 10.2 Å². The van der Waals surface area contributed by atoms with E-state index in [0.29, 0.717) is 0 Å². The Hall–Kier alpha value is -0.940. The maximum atomic E-state index is 5.23. The molecule has 1 rings (SSSR count). The lowest BCUT2D eigenvalue weighted by Gasteiger charge is -2.18. The molecular weight excluding hydrogens is 226 g/mol. The maximum absolute atomic E-state index is 5.23. The van der Waals surface area contributed by atoms with Crippen LogP contribution in [0.3, 0.4) is 0 Å². The minimum absolute atomic E-state index is 0.717. The van der Waals surface area contributed by atoms with Gasteiger partial charge >= 0.3 is 0 Å². The summed E-state index contributed by atoms with van der Waals surface area (Å²) >= 11 is 6.78. The van der Waals surface area contributed by atoms with Crippen molar-refractivity contribution in [3.05, 3.63) is 23.7 Å². The summed E-state index contributed by atoms with van der Waals surface area (Å²) in [7, 11) is 1.98. The molecule has 5 heteroatoms. The van der Waals surface area contributed by atoms with Crippen LogP contribution in [0, 0.1) is 0 Å². The van der Waals surface area contributed by atoms with Gasteiger partial charge in [-0.15, -0.1) is 11.3 Å². The van der Waals surface area contributed by atoms with Gasteiger partial charge in [-0.1, -0.05) is 12.2 Å². The van der Waals surface area contributed by atoms with Crippen LogP contribution in [-0.2, 0) is 0 Å². The van der Waals surface area contributed by atoms with Crippen LogP contribution < -0.4 is 5.32 Å². The molecule has 1 aromatic heterocycles. The van der Waals surface area contributed by atoms with E-state index < -0.39 is 0 Å². The van der Waals surface area contributed by atoms with Crippen LogP contribution in [0.25, 0.3) is 0 Å². The third-order valence-electron chi connectivity index (χ3n) is 1.86. The molecule has 3 nitrogen and oxygen atoms in total. The predicted octanol–water partition coefficient (Wildman–Crippen LogP) is 2.74. The first-order chi connectivity index (χ1) is 7.24. The first-order valence-electron chi connectivity index (χ1n) is 4.77. The second-order valence-electron chi connectivity index (χ2n) is 3.05. The largest absolute Gasteiger partial charge is 0.352 e. The number of thiazole rings is 1. The van der Waals surface area contributed by atoms with Crippen LogP contribution in [0.5, 0.6) is 0 Å². The third kappa shape index (κ3) is 4.40. The van der Waals surface area contributed by atoms with Crippen molar-refractivity contribution in [2.45, 2.75) is 13.3 Å². The molecule has 0 saturated carbocycles. The number of allylic oxidation sites excluding steroid dienone is 1. The molecule has 0 aliphatic heterocycles. The lowest BCUT2D eigenvalue weighted by molar-refractivity contribution is 0.521. The molecule has 0 radical (unpaired) electrons. The molecule has 0 fully saturated rings. The van der Waals surface area contributed by atoms with Crippen LogP contribution in [0.15, 0.2) is 23.7 Å². The summed E-state index contributed by atoms with van der Waals surface area (Å²) in [6.45, 7) is 2.94. The van der Waals surface area contributed by atoms with E-state index in [-0.39, 0.29) is 0 Å². The normalized spacial score (nSPS) is 10.5. The Kier molecular flexibility index (Phi) is 5.28.